The molecule has 0 saturated carbocycles. The van der Waals surface area contributed by atoms with Crippen LogP contribution in [0.25, 0.3) is 27.7 Å². The van der Waals surface area contributed by atoms with Crippen LogP contribution in [0, 0.1) is 12.7 Å². The third-order valence-electron chi connectivity index (χ3n) is 8.70. The van der Waals surface area contributed by atoms with Crippen LogP contribution in [0.5, 0.6) is 5.75 Å². The molecule has 2 atom stereocenters. The third-order valence-corrected chi connectivity index (χ3v) is 9.07. The largest absolute Gasteiger partial charge is 0.507 e. The van der Waals surface area contributed by atoms with E-state index in [4.69, 9.17) is 11.6 Å². The molecule has 0 aliphatic carbocycles. The van der Waals surface area contributed by atoms with Crippen molar-refractivity contribution in [2.45, 2.75) is 45.7 Å². The molecule has 44 heavy (non-hydrogen) atoms. The van der Waals surface area contributed by atoms with Gasteiger partial charge in [0.1, 0.15) is 17.1 Å². The monoisotopic (exact) mass is 616 g/mol. The van der Waals surface area contributed by atoms with E-state index in [1.54, 1.807) is 35.4 Å². The minimum atomic E-state index is -0.755. The van der Waals surface area contributed by atoms with Crippen molar-refractivity contribution in [2.24, 2.45) is 0 Å². The number of carbonyl (C=O) groups is 1. The van der Waals surface area contributed by atoms with E-state index in [1.165, 1.54) is 16.7 Å². The Bertz CT molecular complexity index is 1910. The average Bonchev–Trinajstić information content (AvgIpc) is 3.09. The first-order valence-electron chi connectivity index (χ1n) is 14.6. The Kier molecular flexibility index (Phi) is 7.36. The van der Waals surface area contributed by atoms with E-state index in [9.17, 15) is 14.7 Å². The number of fused-ring (bicyclic) bond motifs is 2. The molecule has 2 aromatic heterocycles. The van der Waals surface area contributed by atoms with Crippen molar-refractivity contribution in [1.29, 1.82) is 0 Å². The van der Waals surface area contributed by atoms with Crippen LogP contribution in [0.4, 0.5) is 15.9 Å². The first-order chi connectivity index (χ1) is 21.0. The maximum Gasteiger partial charge on any atom is 0.354 e. The molecule has 1 saturated heterocycles. The van der Waals surface area contributed by atoms with Gasteiger partial charge in [-0.25, -0.2) is 9.18 Å². The minimum Gasteiger partial charge on any atom is -0.507 e. The maximum absolute atomic E-state index is 17.4. The highest BCUT2D eigenvalue weighted by Gasteiger charge is 2.41. The Balaban J connectivity index is 1.78. The molecule has 4 aromatic rings. The van der Waals surface area contributed by atoms with Crippen LogP contribution in [0.3, 0.4) is 0 Å². The molecule has 9 nitrogen and oxygen atoms in total. The predicted octanol–water partition coefficient (Wildman–Crippen LogP) is 5.42. The molecule has 0 bridgehead atoms. The van der Waals surface area contributed by atoms with Crippen molar-refractivity contribution >= 4 is 39.9 Å². The van der Waals surface area contributed by atoms with Gasteiger partial charge in [-0.05, 0) is 43.5 Å². The summed E-state index contributed by atoms with van der Waals surface area (Å²) in [6, 6.07) is 7.68. The fraction of sp³-hybridized carbons (Fsp3) is 0.333. The van der Waals surface area contributed by atoms with Crippen LogP contribution in [0.2, 0.25) is 5.02 Å². The Morgan fingerprint density at radius 3 is 2.59 bits per heavy atom. The molecule has 1 N–H and O–H groups in total. The second-order valence-corrected chi connectivity index (χ2v) is 12.3. The number of rotatable bonds is 4. The molecule has 2 aliphatic rings. The number of hydrogen-bond acceptors (Lipinski definition) is 7. The predicted molar refractivity (Wildman–Crippen MR) is 172 cm³/mol. The molecular formula is C33H34ClFN6O3. The number of benzene rings is 2. The summed E-state index contributed by atoms with van der Waals surface area (Å²) in [7, 11) is 1.85. The number of anilines is 2. The van der Waals surface area contributed by atoms with E-state index in [1.807, 2.05) is 44.5 Å². The summed E-state index contributed by atoms with van der Waals surface area (Å²) >= 11 is 7.14. The van der Waals surface area contributed by atoms with Crippen molar-refractivity contribution in [3.05, 3.63) is 81.8 Å². The van der Waals surface area contributed by atoms with E-state index in [2.05, 4.69) is 16.5 Å². The van der Waals surface area contributed by atoms with Crippen molar-refractivity contribution in [3.63, 3.8) is 0 Å². The first-order valence-corrected chi connectivity index (χ1v) is 15.0. The van der Waals surface area contributed by atoms with E-state index >= 15 is 4.39 Å². The van der Waals surface area contributed by atoms with Gasteiger partial charge in [0.2, 0.25) is 5.91 Å². The summed E-state index contributed by atoms with van der Waals surface area (Å²) in [5.41, 5.74) is 1.80. The van der Waals surface area contributed by atoms with Crippen LogP contribution in [0.15, 0.2) is 54.0 Å². The lowest BCUT2D eigenvalue weighted by Crippen LogP contribution is -2.61. The van der Waals surface area contributed by atoms with Gasteiger partial charge in [-0.2, -0.15) is 4.98 Å². The van der Waals surface area contributed by atoms with E-state index < -0.39 is 11.5 Å². The Hall–Kier alpha value is -4.44. The Morgan fingerprint density at radius 2 is 1.91 bits per heavy atom. The van der Waals surface area contributed by atoms with Gasteiger partial charge in [0.25, 0.3) is 0 Å². The smallest absolute Gasteiger partial charge is 0.354 e. The molecule has 0 radical (unpaired) electrons. The fourth-order valence-electron chi connectivity index (χ4n) is 6.64. The molecule has 2 aromatic carbocycles. The Labute approximate surface area is 259 Å². The van der Waals surface area contributed by atoms with E-state index in [0.29, 0.717) is 47.9 Å². The number of phenols is 1. The molecule has 1 fully saturated rings. The summed E-state index contributed by atoms with van der Waals surface area (Å²) in [5.74, 6) is -0.869. The zero-order chi connectivity index (χ0) is 31.6. The van der Waals surface area contributed by atoms with Crippen LogP contribution < -0.4 is 15.5 Å². The summed E-state index contributed by atoms with van der Waals surface area (Å²) < 4.78 is 18.7. The van der Waals surface area contributed by atoms with Crippen molar-refractivity contribution in [3.8, 4) is 22.6 Å². The molecule has 4 heterocycles. The summed E-state index contributed by atoms with van der Waals surface area (Å²) in [5, 5.41) is 11.3. The zero-order valence-electron chi connectivity index (χ0n) is 25.3. The quantitative estimate of drug-likeness (QED) is 0.306. The highest BCUT2D eigenvalue weighted by molar-refractivity contribution is 6.38. The summed E-state index contributed by atoms with van der Waals surface area (Å²) in [4.78, 5) is 41.9. The maximum atomic E-state index is 17.4. The van der Waals surface area contributed by atoms with Crippen LogP contribution >= 0.6 is 11.6 Å². The number of aromatic nitrogens is 3. The van der Waals surface area contributed by atoms with Gasteiger partial charge in [-0.3, -0.25) is 14.3 Å². The number of nitrogens with zero attached hydrogens (tertiary/aromatic N) is 6. The van der Waals surface area contributed by atoms with Crippen LogP contribution in [0.1, 0.15) is 37.9 Å². The highest BCUT2D eigenvalue weighted by Crippen LogP contribution is 2.50. The lowest BCUT2D eigenvalue weighted by molar-refractivity contribution is -0.128. The second-order valence-electron chi connectivity index (χ2n) is 11.9. The topological polar surface area (TPSA) is 94.8 Å². The van der Waals surface area contributed by atoms with Gasteiger partial charge >= 0.3 is 5.69 Å². The number of phenolic OH excluding ortho intramolecular Hbond substituents is 1. The Morgan fingerprint density at radius 1 is 1.18 bits per heavy atom. The summed E-state index contributed by atoms with van der Waals surface area (Å²) in [6.07, 6.45) is 2.97. The van der Waals surface area contributed by atoms with Crippen LogP contribution in [-0.4, -0.2) is 69.2 Å². The van der Waals surface area contributed by atoms with Gasteiger partial charge in [0.15, 0.2) is 5.82 Å². The van der Waals surface area contributed by atoms with Crippen LogP contribution in [-0.2, 0) is 4.79 Å². The van der Waals surface area contributed by atoms with Crippen molar-refractivity contribution in [2.75, 3.05) is 36.5 Å². The van der Waals surface area contributed by atoms with Gasteiger partial charge < -0.3 is 19.8 Å². The number of piperazine rings is 1. The van der Waals surface area contributed by atoms with Gasteiger partial charge in [-0.1, -0.05) is 50.2 Å². The van der Waals surface area contributed by atoms with Gasteiger partial charge in [-0.15, -0.1) is 0 Å². The second kappa shape index (κ2) is 10.9. The normalized spacial score (nSPS) is 18.0. The number of aromatic hydroxyl groups is 1. The lowest BCUT2D eigenvalue weighted by atomic mass is 9.98. The van der Waals surface area contributed by atoms with Gasteiger partial charge in [0, 0.05) is 50.0 Å². The molecule has 0 spiro atoms. The molecule has 1 amide bonds. The SMILES string of the molecule is C=CC(=O)N1CC2CN(C)c3c(Cl)c(-c4ccccc4O)c(F)c4c3c(nc(=O)n4-c3c(C)ccnc3C(C)C)N2CC1C. The van der Waals surface area contributed by atoms with E-state index in [0.717, 1.165) is 5.56 Å². The molecule has 2 unspecified atom stereocenters. The fourth-order valence-corrected chi connectivity index (χ4v) is 7.07. The number of amides is 1. The molecular weight excluding hydrogens is 583 g/mol. The standard InChI is InChI=1S/C33H34ClFN6O3/c1-7-23(43)39-16-20-15-38(6)30-25-31(27(35)24(26(30)34)21-10-8-9-11-22(21)42)41(29-18(4)12-13-36-28(29)17(2)3)33(44)37-32(25)40(20)14-19(39)5/h7-13,17,19-20,42H,1,14-16H2,2-6H3. The number of halogens is 2. The van der Waals surface area contributed by atoms with Crippen molar-refractivity contribution < 1.29 is 14.3 Å². The molecule has 228 valence electrons. The minimum absolute atomic E-state index is 0.000374. The number of hydrogen-bond donors (Lipinski definition) is 1. The summed E-state index contributed by atoms with van der Waals surface area (Å²) in [6.45, 7) is 12.5. The molecule has 2 aliphatic heterocycles. The first kappa shape index (κ1) is 29.6. The number of para-hydroxylation sites is 1. The third kappa shape index (κ3) is 4.42. The lowest BCUT2D eigenvalue weighted by Gasteiger charge is -2.45. The van der Waals surface area contributed by atoms with E-state index in [-0.39, 0.29) is 51.3 Å². The number of pyridine rings is 1. The molecule has 11 heteroatoms. The van der Waals surface area contributed by atoms with Gasteiger partial charge in [0.05, 0.1) is 33.5 Å². The van der Waals surface area contributed by atoms with Crippen molar-refractivity contribution in [1.82, 2.24) is 19.4 Å². The zero-order valence-corrected chi connectivity index (χ0v) is 26.1. The molecule has 6 rings (SSSR count). The number of aryl methyl sites for hydroxylation is 1. The number of carbonyl (C=O) groups excluding carboxylic acids is 1. The highest BCUT2D eigenvalue weighted by atomic mass is 35.5. The number of likely N-dealkylation sites (N-methyl/N-ethyl adjacent to an activating group) is 1. The average molecular weight is 617 g/mol.